The number of nitrogens with zero attached hydrogens (tertiary/aromatic N) is 5. The molecule has 66 heavy (non-hydrogen) atoms. The zero-order valence-corrected chi connectivity index (χ0v) is 38.2. The lowest BCUT2D eigenvalue weighted by Crippen LogP contribution is -2.34. The number of pyridine rings is 2. The van der Waals surface area contributed by atoms with Gasteiger partial charge in [0, 0.05) is 50.4 Å². The molecule has 4 aromatic rings. The fourth-order valence-corrected chi connectivity index (χ4v) is 7.56. The minimum absolute atomic E-state index is 0.124. The van der Waals surface area contributed by atoms with Crippen LogP contribution in [0.5, 0.6) is 34.5 Å². The van der Waals surface area contributed by atoms with Crippen LogP contribution in [0.4, 0.5) is 0 Å². The van der Waals surface area contributed by atoms with Crippen LogP contribution < -0.4 is 34.2 Å². The second-order valence-electron chi connectivity index (χ2n) is 15.3. The summed E-state index contributed by atoms with van der Waals surface area (Å²) in [5, 5.41) is 38.7. The van der Waals surface area contributed by atoms with Crippen LogP contribution in [-0.4, -0.2) is 151 Å². The number of aliphatic carboxylic acids is 4. The van der Waals surface area contributed by atoms with Gasteiger partial charge in [-0.3, -0.25) is 43.8 Å². The Bertz CT molecular complexity index is 2060. The van der Waals surface area contributed by atoms with E-state index in [4.69, 9.17) is 44.1 Å². The average molecular weight is 921 g/mol. The van der Waals surface area contributed by atoms with Gasteiger partial charge in [0.1, 0.15) is 34.5 Å². The van der Waals surface area contributed by atoms with Crippen molar-refractivity contribution in [1.82, 2.24) is 24.7 Å². The number of aromatic nitrogens is 2. The molecule has 0 aliphatic carbocycles. The molecule has 0 aliphatic heterocycles. The molecular formula is C46H60N6O14. The van der Waals surface area contributed by atoms with Crippen molar-refractivity contribution in [3.05, 3.63) is 71.3 Å². The lowest BCUT2D eigenvalue weighted by atomic mass is 10.0. The quantitative estimate of drug-likeness (QED) is 0.0456. The molecule has 2 aromatic carbocycles. The zero-order chi connectivity index (χ0) is 48.3. The Labute approximate surface area is 383 Å². The van der Waals surface area contributed by atoms with Gasteiger partial charge in [0.2, 0.25) is 0 Å². The van der Waals surface area contributed by atoms with Gasteiger partial charge < -0.3 is 54.6 Å². The first-order valence-electron chi connectivity index (χ1n) is 21.0. The lowest BCUT2D eigenvalue weighted by molar-refractivity contribution is -0.144. The van der Waals surface area contributed by atoms with Crippen LogP contribution in [0.1, 0.15) is 48.5 Å². The van der Waals surface area contributed by atoms with E-state index < -0.39 is 50.1 Å². The molecule has 4 rings (SSSR count). The topological polar surface area (TPSA) is 266 Å². The number of unbranched alkanes of at least 4 members (excludes halogenated alkanes) is 3. The molecule has 0 saturated carbocycles. The smallest absolute Gasteiger partial charge is 0.317 e. The van der Waals surface area contributed by atoms with Crippen LogP contribution in [0.2, 0.25) is 0 Å². The Hall–Kier alpha value is -6.74. The monoisotopic (exact) mass is 920 g/mol. The molecular weight excluding hydrogens is 861 g/mol. The molecule has 0 atom stereocenters. The maximum absolute atomic E-state index is 11.8. The van der Waals surface area contributed by atoms with Gasteiger partial charge in [0.25, 0.3) is 0 Å². The first-order valence-corrected chi connectivity index (χ1v) is 21.0. The summed E-state index contributed by atoms with van der Waals surface area (Å²) in [6.07, 6.45) is 3.38. The second-order valence-corrected chi connectivity index (χ2v) is 15.3. The molecule has 0 spiro atoms. The highest BCUT2D eigenvalue weighted by Crippen LogP contribution is 2.44. The summed E-state index contributed by atoms with van der Waals surface area (Å²) in [5.41, 5.74) is 9.94. The predicted molar refractivity (Wildman–Crippen MR) is 241 cm³/mol. The number of methoxy groups -OCH3 is 6. The number of carboxylic acid groups (broad SMARTS) is 4. The van der Waals surface area contributed by atoms with Crippen LogP contribution in [0.3, 0.4) is 0 Å². The van der Waals surface area contributed by atoms with Gasteiger partial charge >= 0.3 is 23.9 Å². The Morgan fingerprint density at radius 1 is 0.455 bits per heavy atom. The largest absolute Gasteiger partial charge is 0.496 e. The Kier molecular flexibility index (Phi) is 20.2. The second kappa shape index (κ2) is 25.7. The van der Waals surface area contributed by atoms with Crippen LogP contribution >= 0.6 is 0 Å². The van der Waals surface area contributed by atoms with Crippen molar-refractivity contribution in [1.29, 1.82) is 0 Å². The van der Waals surface area contributed by atoms with Crippen molar-refractivity contribution in [2.75, 3.05) is 81.9 Å². The van der Waals surface area contributed by atoms with Gasteiger partial charge in [0.05, 0.1) is 103 Å². The minimum atomic E-state index is -1.21. The van der Waals surface area contributed by atoms with Crippen molar-refractivity contribution in [3.8, 4) is 56.8 Å². The minimum Gasteiger partial charge on any atom is -0.496 e. The molecule has 2 aromatic heterocycles. The fraction of sp³-hybridized carbons (Fsp3) is 0.435. The molecule has 0 radical (unpaired) electrons. The maximum Gasteiger partial charge on any atom is 0.317 e. The van der Waals surface area contributed by atoms with Gasteiger partial charge in [-0.05, 0) is 61.3 Å². The first-order chi connectivity index (χ1) is 31.6. The van der Waals surface area contributed by atoms with Gasteiger partial charge in [-0.2, -0.15) is 0 Å². The van der Waals surface area contributed by atoms with E-state index in [0.29, 0.717) is 92.6 Å². The van der Waals surface area contributed by atoms with E-state index in [1.165, 1.54) is 52.5 Å². The number of nitrogens with two attached hydrogens (primary N) is 1. The Balaban J connectivity index is 1.94. The summed E-state index contributed by atoms with van der Waals surface area (Å²) < 4.78 is 34.2. The van der Waals surface area contributed by atoms with E-state index >= 15 is 0 Å². The van der Waals surface area contributed by atoms with Gasteiger partial charge in [-0.1, -0.05) is 12.8 Å². The van der Waals surface area contributed by atoms with E-state index in [0.717, 1.165) is 25.7 Å². The molecule has 20 heteroatoms. The third-order valence-electron chi connectivity index (χ3n) is 10.3. The van der Waals surface area contributed by atoms with Crippen molar-refractivity contribution in [2.24, 2.45) is 5.73 Å². The number of carbonyl (C=O) groups is 4. The predicted octanol–water partition coefficient (Wildman–Crippen LogP) is 4.33. The number of benzene rings is 2. The summed E-state index contributed by atoms with van der Waals surface area (Å²) in [6, 6.07) is 14.0. The fourth-order valence-electron chi connectivity index (χ4n) is 7.56. The standard InChI is InChI=1S/C46H60N6O14/c1-61-35-17-37(63-3)45(38(18-35)64-4)29-13-31(48-33(15-29)23-51(25-41(53)54)26-42(55)56)21-50(12-10-8-7-9-11-47)22-32-14-30(46-39(65-5)19-36(62-2)20-40(46)66-6)16-34(49-32)24-52(27-43(57)58)28-44(59)60/h13-20H,7-12,21-28,47H2,1-6H3,(H,53,54)(H,55,56)(H,57,58)(H,59,60). The Morgan fingerprint density at radius 2 is 0.758 bits per heavy atom. The summed E-state index contributed by atoms with van der Waals surface area (Å²) in [6.45, 7) is -0.920. The molecule has 0 unspecified atom stereocenters. The van der Waals surface area contributed by atoms with E-state index in [-0.39, 0.29) is 26.2 Å². The summed E-state index contributed by atoms with van der Waals surface area (Å²) in [5.74, 6) is -2.23. The third kappa shape index (κ3) is 15.5. The number of rotatable bonds is 30. The number of carboxylic acids is 4. The SMILES string of the molecule is COc1cc(OC)c(-c2cc(CN(CC(=O)O)CC(=O)O)nc(CN(CCCCCCN)Cc3cc(-c4c(OC)cc(OC)cc4OC)cc(CN(CC(=O)O)CC(=O)O)n3)c2)c(OC)c1. The molecule has 0 bridgehead atoms. The number of hydrogen-bond acceptors (Lipinski definition) is 16. The number of ether oxygens (including phenoxy) is 6. The molecule has 0 saturated heterocycles. The Morgan fingerprint density at radius 3 is 1.03 bits per heavy atom. The lowest BCUT2D eigenvalue weighted by Gasteiger charge is -2.25. The molecule has 6 N–H and O–H groups in total. The zero-order valence-electron chi connectivity index (χ0n) is 38.2. The molecule has 358 valence electrons. The average Bonchev–Trinajstić information content (AvgIpc) is 3.26. The van der Waals surface area contributed by atoms with Gasteiger partial charge in [-0.15, -0.1) is 0 Å². The van der Waals surface area contributed by atoms with Crippen LogP contribution in [0, 0.1) is 0 Å². The van der Waals surface area contributed by atoms with Crippen LogP contribution in [-0.2, 0) is 45.4 Å². The van der Waals surface area contributed by atoms with Crippen molar-refractivity contribution in [2.45, 2.75) is 51.9 Å². The first kappa shape index (κ1) is 51.9. The molecule has 20 nitrogen and oxygen atoms in total. The van der Waals surface area contributed by atoms with E-state index in [1.54, 1.807) is 36.4 Å². The highest BCUT2D eigenvalue weighted by molar-refractivity contribution is 5.80. The molecule has 0 amide bonds. The van der Waals surface area contributed by atoms with Crippen molar-refractivity contribution >= 4 is 23.9 Å². The summed E-state index contributed by atoms with van der Waals surface area (Å²) in [4.78, 5) is 62.0. The summed E-state index contributed by atoms with van der Waals surface area (Å²) in [7, 11) is 9.04. The summed E-state index contributed by atoms with van der Waals surface area (Å²) >= 11 is 0. The van der Waals surface area contributed by atoms with E-state index in [1.807, 2.05) is 12.1 Å². The third-order valence-corrected chi connectivity index (χ3v) is 10.3. The highest BCUT2D eigenvalue weighted by atomic mass is 16.5. The van der Waals surface area contributed by atoms with E-state index in [9.17, 15) is 39.6 Å². The van der Waals surface area contributed by atoms with Gasteiger partial charge in [-0.25, -0.2) is 0 Å². The van der Waals surface area contributed by atoms with Crippen LogP contribution in [0.15, 0.2) is 48.5 Å². The van der Waals surface area contributed by atoms with Crippen LogP contribution in [0.25, 0.3) is 22.3 Å². The normalized spacial score (nSPS) is 11.2. The van der Waals surface area contributed by atoms with Crippen molar-refractivity contribution < 1.29 is 68.0 Å². The number of hydrogen-bond donors (Lipinski definition) is 5. The van der Waals surface area contributed by atoms with Crippen molar-refractivity contribution in [3.63, 3.8) is 0 Å². The highest BCUT2D eigenvalue weighted by Gasteiger charge is 2.24. The molecule has 0 fully saturated rings. The maximum atomic E-state index is 11.8. The molecule has 0 aliphatic rings. The molecule has 2 heterocycles. The van der Waals surface area contributed by atoms with E-state index in [2.05, 4.69) is 4.90 Å². The van der Waals surface area contributed by atoms with Gasteiger partial charge in [0.15, 0.2) is 0 Å².